The molecule has 1 heterocycles. The van der Waals surface area contributed by atoms with E-state index in [9.17, 15) is 19.5 Å². The van der Waals surface area contributed by atoms with Crippen LogP contribution in [0.1, 0.15) is 26.7 Å². The van der Waals surface area contributed by atoms with Crippen molar-refractivity contribution in [3.63, 3.8) is 0 Å². The summed E-state index contributed by atoms with van der Waals surface area (Å²) in [6.45, 7) is 3.95. The van der Waals surface area contributed by atoms with E-state index >= 15 is 0 Å². The fourth-order valence-corrected chi connectivity index (χ4v) is 3.06. The number of methoxy groups -OCH3 is 2. The molecule has 1 saturated heterocycles. The van der Waals surface area contributed by atoms with Crippen molar-refractivity contribution in [3.8, 4) is 11.5 Å². The molecule has 2 N–H and O–H groups in total. The zero-order valence-corrected chi connectivity index (χ0v) is 16.0. The zero-order chi connectivity index (χ0) is 20.1. The fourth-order valence-electron chi connectivity index (χ4n) is 3.06. The van der Waals surface area contributed by atoms with Gasteiger partial charge in [0.05, 0.1) is 25.8 Å². The van der Waals surface area contributed by atoms with Crippen molar-refractivity contribution in [3.05, 3.63) is 18.2 Å². The van der Waals surface area contributed by atoms with Crippen molar-refractivity contribution in [2.24, 2.45) is 11.8 Å². The molecule has 1 aliphatic rings. The predicted molar refractivity (Wildman–Crippen MR) is 99.0 cm³/mol. The molecular formula is C19H26N2O6. The number of rotatable bonds is 8. The quantitative estimate of drug-likeness (QED) is 0.713. The summed E-state index contributed by atoms with van der Waals surface area (Å²) in [6, 6.07) is 4.12. The van der Waals surface area contributed by atoms with E-state index in [1.807, 2.05) is 13.8 Å². The third-order valence-electron chi connectivity index (χ3n) is 4.47. The van der Waals surface area contributed by atoms with E-state index < -0.39 is 23.8 Å². The molecule has 0 spiro atoms. The molecule has 1 aromatic carbocycles. The van der Waals surface area contributed by atoms with Crippen LogP contribution in [0.25, 0.3) is 0 Å². The summed E-state index contributed by atoms with van der Waals surface area (Å²) in [6.07, 6.45) is 0.359. The van der Waals surface area contributed by atoms with Crippen LogP contribution >= 0.6 is 0 Å². The van der Waals surface area contributed by atoms with Crippen LogP contribution in [0.15, 0.2) is 18.2 Å². The minimum Gasteiger partial charge on any atom is -0.497 e. The van der Waals surface area contributed by atoms with Crippen LogP contribution in [0, 0.1) is 11.8 Å². The number of benzene rings is 1. The lowest BCUT2D eigenvalue weighted by Crippen LogP contribution is -2.44. The molecule has 27 heavy (non-hydrogen) atoms. The molecular weight excluding hydrogens is 352 g/mol. The SMILES string of the molecule is COc1cc(OC)cc(N2CC(C(=O)N[C@@H](CC(C)C)C(=O)O)CC2=O)c1. The minimum atomic E-state index is -1.07. The Hall–Kier alpha value is -2.77. The molecule has 0 saturated carbocycles. The number of carboxylic acids is 1. The zero-order valence-electron chi connectivity index (χ0n) is 16.0. The van der Waals surface area contributed by atoms with Crippen LogP contribution in [-0.2, 0) is 14.4 Å². The van der Waals surface area contributed by atoms with Gasteiger partial charge in [0, 0.05) is 31.2 Å². The van der Waals surface area contributed by atoms with Gasteiger partial charge in [0.1, 0.15) is 17.5 Å². The Morgan fingerprint density at radius 1 is 1.22 bits per heavy atom. The van der Waals surface area contributed by atoms with E-state index in [4.69, 9.17) is 9.47 Å². The molecule has 2 atom stereocenters. The lowest BCUT2D eigenvalue weighted by atomic mass is 10.0. The largest absolute Gasteiger partial charge is 0.497 e. The highest BCUT2D eigenvalue weighted by atomic mass is 16.5. The molecule has 1 fully saturated rings. The van der Waals surface area contributed by atoms with Crippen molar-refractivity contribution in [1.29, 1.82) is 0 Å². The minimum absolute atomic E-state index is 0.0272. The first-order valence-corrected chi connectivity index (χ1v) is 8.81. The first kappa shape index (κ1) is 20.5. The van der Waals surface area contributed by atoms with Gasteiger partial charge in [0.25, 0.3) is 0 Å². The second kappa shape index (κ2) is 8.75. The second-order valence-corrected chi connectivity index (χ2v) is 7.01. The molecule has 2 rings (SSSR count). The lowest BCUT2D eigenvalue weighted by Gasteiger charge is -2.20. The van der Waals surface area contributed by atoms with E-state index in [0.29, 0.717) is 23.6 Å². The van der Waals surface area contributed by atoms with Gasteiger partial charge >= 0.3 is 5.97 Å². The number of ether oxygens (including phenoxy) is 2. The van der Waals surface area contributed by atoms with Gasteiger partial charge in [-0.1, -0.05) is 13.8 Å². The smallest absolute Gasteiger partial charge is 0.326 e. The van der Waals surface area contributed by atoms with Crippen LogP contribution in [0.3, 0.4) is 0 Å². The Labute approximate surface area is 158 Å². The second-order valence-electron chi connectivity index (χ2n) is 7.01. The van der Waals surface area contributed by atoms with Gasteiger partial charge < -0.3 is 24.8 Å². The number of hydrogen-bond donors (Lipinski definition) is 2. The van der Waals surface area contributed by atoms with Gasteiger partial charge in [0.15, 0.2) is 0 Å². The topological polar surface area (TPSA) is 105 Å². The first-order valence-electron chi connectivity index (χ1n) is 8.81. The van der Waals surface area contributed by atoms with Gasteiger partial charge in [0.2, 0.25) is 11.8 Å². The van der Waals surface area contributed by atoms with Gasteiger partial charge in [-0.25, -0.2) is 4.79 Å². The Kier molecular flexibility index (Phi) is 6.65. The van der Waals surface area contributed by atoms with Gasteiger partial charge in [-0.15, -0.1) is 0 Å². The molecule has 8 nitrogen and oxygen atoms in total. The van der Waals surface area contributed by atoms with Crippen molar-refractivity contribution in [2.45, 2.75) is 32.7 Å². The molecule has 0 bridgehead atoms. The number of anilines is 1. The summed E-state index contributed by atoms with van der Waals surface area (Å²) in [5.41, 5.74) is 0.573. The van der Waals surface area contributed by atoms with Gasteiger partial charge in [-0.3, -0.25) is 9.59 Å². The van der Waals surface area contributed by atoms with Crippen LogP contribution in [-0.4, -0.2) is 49.7 Å². The molecule has 0 aromatic heterocycles. The van der Waals surface area contributed by atoms with Crippen LogP contribution < -0.4 is 19.7 Å². The van der Waals surface area contributed by atoms with Crippen molar-refractivity contribution < 1.29 is 29.0 Å². The summed E-state index contributed by atoms with van der Waals surface area (Å²) in [5.74, 6) is -1.12. The van der Waals surface area contributed by atoms with Crippen molar-refractivity contribution in [2.75, 3.05) is 25.7 Å². The van der Waals surface area contributed by atoms with Crippen LogP contribution in [0.5, 0.6) is 11.5 Å². The molecule has 0 aliphatic carbocycles. The molecule has 1 aliphatic heterocycles. The summed E-state index contributed by atoms with van der Waals surface area (Å²) < 4.78 is 10.4. The summed E-state index contributed by atoms with van der Waals surface area (Å²) >= 11 is 0. The Bertz CT molecular complexity index is 696. The number of amides is 2. The number of carboxylic acid groups (broad SMARTS) is 1. The average Bonchev–Trinajstić information content (AvgIpc) is 3.02. The van der Waals surface area contributed by atoms with E-state index in [0.717, 1.165) is 0 Å². The highest BCUT2D eigenvalue weighted by molar-refractivity contribution is 6.01. The normalized spacial score (nSPS) is 17.7. The Balaban J connectivity index is 2.12. The Morgan fingerprint density at radius 3 is 2.30 bits per heavy atom. The number of carbonyl (C=O) groups excluding carboxylic acids is 2. The number of carbonyl (C=O) groups is 3. The van der Waals surface area contributed by atoms with E-state index in [1.54, 1.807) is 18.2 Å². The summed E-state index contributed by atoms with van der Waals surface area (Å²) in [5, 5.41) is 11.9. The molecule has 0 radical (unpaired) electrons. The predicted octanol–water partition coefficient (Wildman–Crippen LogP) is 1.67. The monoisotopic (exact) mass is 378 g/mol. The molecule has 1 aromatic rings. The first-order chi connectivity index (χ1) is 12.7. The highest BCUT2D eigenvalue weighted by Gasteiger charge is 2.37. The fraction of sp³-hybridized carbons (Fsp3) is 0.526. The standard InChI is InChI=1S/C19H26N2O6/c1-11(2)5-16(19(24)25)20-18(23)12-6-17(22)21(10-12)13-7-14(26-3)9-15(8-13)27-4/h7-9,11-12,16H,5-6,10H2,1-4H3,(H,20,23)(H,24,25)/t12?,16-/m0/s1. The molecule has 1 unspecified atom stereocenters. The van der Waals surface area contributed by atoms with Gasteiger partial charge in [-0.05, 0) is 12.3 Å². The number of nitrogens with one attached hydrogen (secondary N) is 1. The molecule has 2 amide bonds. The average molecular weight is 378 g/mol. The van der Waals surface area contributed by atoms with Crippen molar-refractivity contribution in [1.82, 2.24) is 5.32 Å². The summed E-state index contributed by atoms with van der Waals surface area (Å²) in [4.78, 5) is 37.8. The van der Waals surface area contributed by atoms with E-state index in [1.165, 1.54) is 19.1 Å². The molecule has 148 valence electrons. The highest BCUT2D eigenvalue weighted by Crippen LogP contribution is 2.32. The lowest BCUT2D eigenvalue weighted by molar-refractivity contribution is -0.142. The summed E-state index contributed by atoms with van der Waals surface area (Å²) in [7, 11) is 3.03. The maximum atomic E-state index is 12.5. The number of aliphatic carboxylic acids is 1. The number of hydrogen-bond acceptors (Lipinski definition) is 5. The van der Waals surface area contributed by atoms with Crippen LogP contribution in [0.4, 0.5) is 5.69 Å². The van der Waals surface area contributed by atoms with Gasteiger partial charge in [-0.2, -0.15) is 0 Å². The van der Waals surface area contributed by atoms with E-state index in [2.05, 4.69) is 5.32 Å². The molecule has 8 heteroatoms. The van der Waals surface area contributed by atoms with E-state index in [-0.39, 0.29) is 24.8 Å². The third-order valence-corrected chi connectivity index (χ3v) is 4.47. The third kappa shape index (κ3) is 5.12. The number of nitrogens with zero attached hydrogens (tertiary/aromatic N) is 1. The Morgan fingerprint density at radius 2 is 1.81 bits per heavy atom. The maximum Gasteiger partial charge on any atom is 0.326 e. The van der Waals surface area contributed by atoms with Crippen molar-refractivity contribution >= 4 is 23.5 Å². The maximum absolute atomic E-state index is 12.5. The van der Waals surface area contributed by atoms with Crippen LogP contribution in [0.2, 0.25) is 0 Å².